The summed E-state index contributed by atoms with van der Waals surface area (Å²) in [6, 6.07) is 19.6. The molecule has 0 bridgehead atoms. The number of nitrogens with zero attached hydrogens (tertiary/aromatic N) is 3. The van der Waals surface area contributed by atoms with Gasteiger partial charge in [-0.1, -0.05) is 48.5 Å². The van der Waals surface area contributed by atoms with Crippen LogP contribution in [-0.4, -0.2) is 26.6 Å². The minimum absolute atomic E-state index is 0.00226. The topological polar surface area (TPSA) is 112 Å². The van der Waals surface area contributed by atoms with Gasteiger partial charge in [-0.3, -0.25) is 9.59 Å². The van der Waals surface area contributed by atoms with Crippen molar-refractivity contribution in [1.29, 1.82) is 0 Å². The van der Waals surface area contributed by atoms with E-state index < -0.39 is 23.7 Å². The number of carbonyl (C=O) groups excluding carboxylic acids is 2. The van der Waals surface area contributed by atoms with E-state index in [1.54, 1.807) is 42.5 Å². The quantitative estimate of drug-likeness (QED) is 0.282. The highest BCUT2D eigenvalue weighted by Crippen LogP contribution is 2.43. The zero-order chi connectivity index (χ0) is 26.9. The second kappa shape index (κ2) is 9.98. The number of para-hydroxylation sites is 1. The molecule has 3 heterocycles. The molecule has 3 N–H and O–H groups in total. The van der Waals surface area contributed by atoms with Gasteiger partial charge in [-0.2, -0.15) is 18.3 Å². The van der Waals surface area contributed by atoms with E-state index in [0.717, 1.165) is 6.07 Å². The molecule has 0 aliphatic carbocycles. The van der Waals surface area contributed by atoms with Crippen LogP contribution in [0.5, 0.6) is 5.75 Å². The van der Waals surface area contributed by atoms with Crippen molar-refractivity contribution in [1.82, 2.24) is 14.8 Å². The number of hydrogen-bond donors (Lipinski definition) is 2. The molecule has 0 aliphatic rings. The average molecular weight is 538 g/mol. The number of fused-ring (bicyclic) bond motifs is 1. The maximum atomic E-state index is 13.6. The summed E-state index contributed by atoms with van der Waals surface area (Å²) in [6.07, 6.45) is -3.20. The van der Waals surface area contributed by atoms with Crippen LogP contribution >= 0.6 is 11.3 Å². The first kappa shape index (κ1) is 25.0. The number of aromatic nitrogens is 3. The van der Waals surface area contributed by atoms with Crippen LogP contribution in [-0.2, 0) is 12.9 Å². The van der Waals surface area contributed by atoms with Gasteiger partial charge in [-0.15, -0.1) is 11.3 Å². The number of primary amides is 1. The number of carbonyl (C=O) groups is 2. The van der Waals surface area contributed by atoms with E-state index in [1.165, 1.54) is 16.9 Å². The molecule has 0 spiro atoms. The molecule has 0 atom stereocenters. The Hall–Kier alpha value is -4.71. The lowest BCUT2D eigenvalue weighted by molar-refractivity contribution is -0.140. The highest BCUT2D eigenvalue weighted by molar-refractivity contribution is 7.21. The van der Waals surface area contributed by atoms with E-state index in [0.29, 0.717) is 22.6 Å². The molecule has 12 heteroatoms. The Morgan fingerprint density at radius 2 is 1.71 bits per heavy atom. The summed E-state index contributed by atoms with van der Waals surface area (Å²) in [4.78, 5) is 28.9. The first-order valence-corrected chi connectivity index (χ1v) is 11.9. The number of nitrogens with two attached hydrogens (primary N) is 1. The Kier molecular flexibility index (Phi) is 6.55. The molecule has 192 valence electrons. The van der Waals surface area contributed by atoms with Crippen LogP contribution in [0.15, 0.2) is 79.0 Å². The fraction of sp³-hybridized carbons (Fsp3) is 0.0769. The third-order valence-electron chi connectivity index (χ3n) is 5.48. The van der Waals surface area contributed by atoms with Gasteiger partial charge < -0.3 is 15.8 Å². The second-order valence-electron chi connectivity index (χ2n) is 8.05. The summed E-state index contributed by atoms with van der Waals surface area (Å²) in [6.45, 7) is 0.0352. The molecule has 0 saturated heterocycles. The monoisotopic (exact) mass is 537 g/mol. The Morgan fingerprint density at radius 3 is 2.37 bits per heavy atom. The van der Waals surface area contributed by atoms with Gasteiger partial charge >= 0.3 is 6.18 Å². The largest absolute Gasteiger partial charge is 0.471 e. The fourth-order valence-corrected chi connectivity index (χ4v) is 4.78. The normalized spacial score (nSPS) is 11.4. The number of alkyl halides is 3. The van der Waals surface area contributed by atoms with Crippen molar-refractivity contribution in [2.75, 3.05) is 5.32 Å². The molecule has 0 unspecified atom stereocenters. The molecular weight excluding hydrogens is 519 g/mol. The molecular formula is C26H18F3N5O3S. The van der Waals surface area contributed by atoms with Crippen molar-refractivity contribution in [3.63, 3.8) is 0 Å². The molecule has 0 radical (unpaired) electrons. The summed E-state index contributed by atoms with van der Waals surface area (Å²) in [5.74, 6) is -0.994. The van der Waals surface area contributed by atoms with Crippen LogP contribution in [0.1, 0.15) is 25.9 Å². The fourth-order valence-electron chi connectivity index (χ4n) is 3.77. The van der Waals surface area contributed by atoms with Gasteiger partial charge in [-0.25, -0.2) is 9.67 Å². The molecule has 2 aromatic carbocycles. The SMILES string of the molecule is NC(=O)c1sc2nc(C(F)(F)F)cc(-c3ccccc3)c2c1NC(=O)c1ccn(COc2ccccc2)n1. The molecule has 5 aromatic rings. The number of benzene rings is 2. The van der Waals surface area contributed by atoms with Crippen LogP contribution in [0.2, 0.25) is 0 Å². The third-order valence-corrected chi connectivity index (χ3v) is 6.58. The van der Waals surface area contributed by atoms with Crippen molar-refractivity contribution < 1.29 is 27.5 Å². The lowest BCUT2D eigenvalue weighted by atomic mass is 10.0. The molecule has 2 amide bonds. The summed E-state index contributed by atoms with van der Waals surface area (Å²) >= 11 is 0.673. The van der Waals surface area contributed by atoms with Gasteiger partial charge in [0.1, 0.15) is 21.2 Å². The van der Waals surface area contributed by atoms with Crippen molar-refractivity contribution in [2.45, 2.75) is 12.9 Å². The predicted molar refractivity (Wildman–Crippen MR) is 136 cm³/mol. The van der Waals surface area contributed by atoms with E-state index in [2.05, 4.69) is 15.4 Å². The van der Waals surface area contributed by atoms with Crippen LogP contribution in [0.4, 0.5) is 18.9 Å². The van der Waals surface area contributed by atoms with Crippen molar-refractivity contribution in [2.24, 2.45) is 5.73 Å². The van der Waals surface area contributed by atoms with Crippen LogP contribution in [0.3, 0.4) is 0 Å². The number of amides is 2. The van der Waals surface area contributed by atoms with Gasteiger partial charge in [-0.05, 0) is 35.4 Å². The number of nitrogens with one attached hydrogen (secondary N) is 1. The van der Waals surface area contributed by atoms with E-state index >= 15 is 0 Å². The Labute approximate surface area is 217 Å². The lowest BCUT2D eigenvalue weighted by Crippen LogP contribution is -2.18. The Balaban J connectivity index is 1.53. The Bertz CT molecular complexity index is 1630. The molecule has 0 saturated carbocycles. The molecule has 0 aliphatic heterocycles. The zero-order valence-electron chi connectivity index (χ0n) is 19.4. The van der Waals surface area contributed by atoms with E-state index in [-0.39, 0.29) is 38.8 Å². The van der Waals surface area contributed by atoms with E-state index in [4.69, 9.17) is 10.5 Å². The summed E-state index contributed by atoms with van der Waals surface area (Å²) in [5, 5.41) is 6.98. The minimum Gasteiger partial charge on any atom is -0.471 e. The lowest BCUT2D eigenvalue weighted by Gasteiger charge is -2.12. The van der Waals surface area contributed by atoms with Gasteiger partial charge in [0.05, 0.1) is 5.69 Å². The van der Waals surface area contributed by atoms with Crippen LogP contribution in [0, 0.1) is 0 Å². The standard InChI is InChI=1S/C26H18F3N5O3S/c27-26(28,29)19-13-17(15-7-3-1-4-8-15)20-21(22(23(30)35)38-25(20)31-19)32-24(36)18-11-12-34(33-18)14-37-16-9-5-2-6-10-16/h1-13H,14H2,(H2,30,35)(H,32,36). The number of anilines is 1. The smallest absolute Gasteiger partial charge is 0.433 e. The number of pyridine rings is 1. The summed E-state index contributed by atoms with van der Waals surface area (Å²) in [5.41, 5.74) is 4.96. The number of halogens is 3. The molecule has 38 heavy (non-hydrogen) atoms. The van der Waals surface area contributed by atoms with E-state index in [9.17, 15) is 22.8 Å². The van der Waals surface area contributed by atoms with Gasteiger partial charge in [0.15, 0.2) is 12.4 Å². The maximum absolute atomic E-state index is 13.6. The average Bonchev–Trinajstić information content (AvgIpc) is 3.53. The molecule has 3 aromatic heterocycles. The first-order valence-electron chi connectivity index (χ1n) is 11.1. The van der Waals surface area contributed by atoms with Crippen molar-refractivity contribution in [3.05, 3.63) is 95.3 Å². The minimum atomic E-state index is -4.73. The van der Waals surface area contributed by atoms with Gasteiger partial charge in [0.25, 0.3) is 11.8 Å². The number of hydrogen-bond acceptors (Lipinski definition) is 6. The van der Waals surface area contributed by atoms with Crippen molar-refractivity contribution in [3.8, 4) is 16.9 Å². The molecule has 0 fully saturated rings. The number of ether oxygens (including phenoxy) is 1. The first-order chi connectivity index (χ1) is 18.2. The maximum Gasteiger partial charge on any atom is 0.433 e. The third kappa shape index (κ3) is 5.06. The predicted octanol–water partition coefficient (Wildman–Crippen LogP) is 5.57. The second-order valence-corrected chi connectivity index (χ2v) is 9.05. The zero-order valence-corrected chi connectivity index (χ0v) is 20.2. The van der Waals surface area contributed by atoms with Crippen LogP contribution in [0.25, 0.3) is 21.3 Å². The van der Waals surface area contributed by atoms with Crippen molar-refractivity contribution >= 4 is 39.1 Å². The number of rotatable bonds is 7. The number of thiophene rings is 1. The highest BCUT2D eigenvalue weighted by Gasteiger charge is 2.35. The van der Waals surface area contributed by atoms with E-state index in [1.807, 2.05) is 18.2 Å². The molecule has 8 nitrogen and oxygen atoms in total. The summed E-state index contributed by atoms with van der Waals surface area (Å²) in [7, 11) is 0. The molecule has 5 rings (SSSR count). The van der Waals surface area contributed by atoms with Gasteiger partial charge in [0, 0.05) is 11.6 Å². The highest BCUT2D eigenvalue weighted by atomic mass is 32.1. The summed E-state index contributed by atoms with van der Waals surface area (Å²) < 4.78 is 47.9. The van der Waals surface area contributed by atoms with Gasteiger partial charge in [0.2, 0.25) is 0 Å². The van der Waals surface area contributed by atoms with Crippen LogP contribution < -0.4 is 15.8 Å². The Morgan fingerprint density at radius 1 is 1.03 bits per heavy atom.